The first-order chi connectivity index (χ1) is 9.81. The number of nitrogens with one attached hydrogen (secondary N) is 1. The van der Waals surface area contributed by atoms with Crippen molar-refractivity contribution in [3.8, 4) is 6.07 Å². The van der Waals surface area contributed by atoms with Crippen LogP contribution >= 0.6 is 11.3 Å². The number of rotatable bonds is 3. The van der Waals surface area contributed by atoms with Gasteiger partial charge in [-0.2, -0.15) is 10.2 Å². The highest BCUT2D eigenvalue weighted by Gasteiger charge is 2.23. The van der Waals surface area contributed by atoms with Crippen molar-refractivity contribution in [3.05, 3.63) is 11.4 Å². The van der Waals surface area contributed by atoms with E-state index in [9.17, 15) is 0 Å². The molecule has 2 aromatic heterocycles. The molecule has 7 heteroatoms. The minimum Gasteiger partial charge on any atom is -0.360 e. The molecule has 0 spiro atoms. The fourth-order valence-corrected chi connectivity index (χ4v) is 3.00. The Hall–Kier alpha value is -1.91. The minimum atomic E-state index is -0.394. The Bertz CT molecular complexity index is 650. The Kier molecular flexibility index (Phi) is 3.67. The van der Waals surface area contributed by atoms with E-state index in [0.717, 1.165) is 29.1 Å². The van der Waals surface area contributed by atoms with Gasteiger partial charge in [-0.1, -0.05) is 0 Å². The molecule has 20 heavy (non-hydrogen) atoms. The second-order valence-electron chi connectivity index (χ2n) is 4.48. The van der Waals surface area contributed by atoms with E-state index in [4.69, 9.17) is 10.00 Å². The summed E-state index contributed by atoms with van der Waals surface area (Å²) in [6, 6.07) is 4.19. The highest BCUT2D eigenvalue weighted by Crippen LogP contribution is 2.30. The number of anilines is 2. The number of nitrogens with zero attached hydrogens (tertiary/aromatic N) is 4. The van der Waals surface area contributed by atoms with Crippen LogP contribution in [0.25, 0.3) is 10.2 Å². The van der Waals surface area contributed by atoms with Crippen molar-refractivity contribution >= 4 is 33.3 Å². The lowest BCUT2D eigenvalue weighted by molar-refractivity contribution is 0.0763. The molecule has 0 aliphatic carbocycles. The second kappa shape index (κ2) is 5.61. The molecule has 1 unspecified atom stereocenters. The minimum absolute atomic E-state index is 0.394. The molecule has 1 atom stereocenters. The molecule has 1 N–H and O–H groups in total. The van der Waals surface area contributed by atoms with Crippen LogP contribution in [0.1, 0.15) is 6.92 Å². The third kappa shape index (κ3) is 2.40. The summed E-state index contributed by atoms with van der Waals surface area (Å²) in [5, 5.41) is 15.2. The Morgan fingerprint density at radius 2 is 2.50 bits per heavy atom. The molecule has 1 aliphatic heterocycles. The summed E-state index contributed by atoms with van der Waals surface area (Å²) in [6.45, 7) is 4.63. The van der Waals surface area contributed by atoms with Crippen LogP contribution < -0.4 is 10.2 Å². The van der Waals surface area contributed by atoms with Gasteiger partial charge in [0.25, 0.3) is 0 Å². The standard InChI is InChI=1S/C13H15N5OS/c1-2-15-13-16-11(10-3-6-20-12(10)17-13)18-4-5-19-9(7-14)8-18/h3,6,9H,2,4-5,8H2,1H3,(H,15,16,17). The van der Waals surface area contributed by atoms with E-state index in [1.165, 1.54) is 0 Å². The molecule has 0 saturated carbocycles. The number of morpholine rings is 1. The first kappa shape index (κ1) is 13.1. The summed E-state index contributed by atoms with van der Waals surface area (Å²) >= 11 is 1.60. The third-order valence-electron chi connectivity index (χ3n) is 3.15. The van der Waals surface area contributed by atoms with Gasteiger partial charge < -0.3 is 15.0 Å². The lowest BCUT2D eigenvalue weighted by atomic mass is 10.2. The van der Waals surface area contributed by atoms with E-state index in [-0.39, 0.29) is 0 Å². The van der Waals surface area contributed by atoms with Crippen molar-refractivity contribution in [2.75, 3.05) is 36.5 Å². The maximum absolute atomic E-state index is 9.02. The van der Waals surface area contributed by atoms with E-state index in [1.54, 1.807) is 11.3 Å². The Labute approximate surface area is 121 Å². The van der Waals surface area contributed by atoms with Gasteiger partial charge in [0, 0.05) is 13.1 Å². The van der Waals surface area contributed by atoms with E-state index >= 15 is 0 Å². The van der Waals surface area contributed by atoms with Crippen LogP contribution in [-0.2, 0) is 4.74 Å². The highest BCUT2D eigenvalue weighted by molar-refractivity contribution is 7.16. The largest absolute Gasteiger partial charge is 0.360 e. The maximum Gasteiger partial charge on any atom is 0.226 e. The van der Waals surface area contributed by atoms with Crippen molar-refractivity contribution in [2.24, 2.45) is 0 Å². The zero-order chi connectivity index (χ0) is 13.9. The summed E-state index contributed by atoms with van der Waals surface area (Å²) in [7, 11) is 0. The van der Waals surface area contributed by atoms with Crippen LogP contribution in [-0.4, -0.2) is 42.3 Å². The number of ether oxygens (including phenoxy) is 1. The summed E-state index contributed by atoms with van der Waals surface area (Å²) in [6.07, 6.45) is -0.394. The van der Waals surface area contributed by atoms with E-state index in [2.05, 4.69) is 26.3 Å². The number of hydrogen-bond donors (Lipinski definition) is 1. The SMILES string of the molecule is CCNc1nc(N2CCOC(C#N)C2)c2ccsc2n1. The number of aromatic nitrogens is 2. The maximum atomic E-state index is 9.02. The van der Waals surface area contributed by atoms with Crippen molar-refractivity contribution in [3.63, 3.8) is 0 Å². The lowest BCUT2D eigenvalue weighted by Crippen LogP contribution is -2.42. The molecule has 0 bridgehead atoms. The number of thiophene rings is 1. The van der Waals surface area contributed by atoms with Gasteiger partial charge in [0.05, 0.1) is 24.6 Å². The van der Waals surface area contributed by atoms with Crippen LogP contribution in [0.3, 0.4) is 0 Å². The van der Waals surface area contributed by atoms with Crippen LogP contribution in [0.4, 0.5) is 11.8 Å². The predicted octanol–water partition coefficient (Wildman–Crippen LogP) is 1.85. The summed E-state index contributed by atoms with van der Waals surface area (Å²) in [4.78, 5) is 12.2. The molecule has 0 amide bonds. The zero-order valence-corrected chi connectivity index (χ0v) is 12.0. The Morgan fingerprint density at radius 1 is 1.60 bits per heavy atom. The predicted molar refractivity (Wildman–Crippen MR) is 79.1 cm³/mol. The quantitative estimate of drug-likeness (QED) is 0.929. The lowest BCUT2D eigenvalue weighted by Gasteiger charge is -2.31. The molecule has 0 aromatic carbocycles. The smallest absolute Gasteiger partial charge is 0.226 e. The molecule has 104 valence electrons. The molecule has 1 aliphatic rings. The van der Waals surface area contributed by atoms with Crippen molar-refractivity contribution < 1.29 is 4.74 Å². The average Bonchev–Trinajstić information content (AvgIpc) is 2.95. The molecular weight excluding hydrogens is 274 g/mol. The first-order valence-electron chi connectivity index (χ1n) is 6.57. The molecule has 2 aromatic rings. The van der Waals surface area contributed by atoms with Gasteiger partial charge in [-0.05, 0) is 18.4 Å². The van der Waals surface area contributed by atoms with Crippen LogP contribution in [0.15, 0.2) is 11.4 Å². The van der Waals surface area contributed by atoms with Crippen molar-refractivity contribution in [1.29, 1.82) is 5.26 Å². The molecular formula is C13H15N5OS. The molecule has 1 saturated heterocycles. The van der Waals surface area contributed by atoms with E-state index < -0.39 is 6.10 Å². The monoisotopic (exact) mass is 289 g/mol. The zero-order valence-electron chi connectivity index (χ0n) is 11.2. The molecule has 0 radical (unpaired) electrons. The van der Waals surface area contributed by atoms with Crippen molar-refractivity contribution in [1.82, 2.24) is 9.97 Å². The number of hydrogen-bond acceptors (Lipinski definition) is 7. The summed E-state index contributed by atoms with van der Waals surface area (Å²) in [5.74, 6) is 1.52. The van der Waals surface area contributed by atoms with Gasteiger partial charge >= 0.3 is 0 Å². The molecule has 6 nitrogen and oxygen atoms in total. The highest BCUT2D eigenvalue weighted by atomic mass is 32.1. The molecule has 3 rings (SSSR count). The summed E-state index contributed by atoms with van der Waals surface area (Å²) < 4.78 is 5.39. The topological polar surface area (TPSA) is 74.1 Å². The third-order valence-corrected chi connectivity index (χ3v) is 3.96. The van der Waals surface area contributed by atoms with Gasteiger partial charge in [-0.25, -0.2) is 4.98 Å². The van der Waals surface area contributed by atoms with Gasteiger partial charge in [0.1, 0.15) is 10.6 Å². The number of fused-ring (bicyclic) bond motifs is 1. The first-order valence-corrected chi connectivity index (χ1v) is 7.45. The Morgan fingerprint density at radius 3 is 3.30 bits per heavy atom. The van der Waals surface area contributed by atoms with Gasteiger partial charge in [0.2, 0.25) is 5.95 Å². The molecule has 3 heterocycles. The van der Waals surface area contributed by atoms with E-state index in [0.29, 0.717) is 19.1 Å². The van der Waals surface area contributed by atoms with Gasteiger partial charge in [-0.3, -0.25) is 0 Å². The van der Waals surface area contributed by atoms with Crippen LogP contribution in [0, 0.1) is 11.3 Å². The van der Waals surface area contributed by atoms with Crippen molar-refractivity contribution in [2.45, 2.75) is 13.0 Å². The van der Waals surface area contributed by atoms with Gasteiger partial charge in [-0.15, -0.1) is 11.3 Å². The van der Waals surface area contributed by atoms with Crippen LogP contribution in [0.2, 0.25) is 0 Å². The normalized spacial score (nSPS) is 19.0. The fraction of sp³-hybridized carbons (Fsp3) is 0.462. The van der Waals surface area contributed by atoms with Gasteiger partial charge in [0.15, 0.2) is 6.10 Å². The Balaban J connectivity index is 2.00. The van der Waals surface area contributed by atoms with Crippen LogP contribution in [0.5, 0.6) is 0 Å². The number of nitriles is 1. The van der Waals surface area contributed by atoms with E-state index in [1.807, 2.05) is 18.4 Å². The summed E-state index contributed by atoms with van der Waals surface area (Å²) in [5.41, 5.74) is 0. The second-order valence-corrected chi connectivity index (χ2v) is 5.37. The fourth-order valence-electron chi connectivity index (χ4n) is 2.24. The average molecular weight is 289 g/mol. The molecule has 1 fully saturated rings.